The van der Waals surface area contributed by atoms with Gasteiger partial charge < -0.3 is 5.73 Å². The monoisotopic (exact) mass is 298 g/mol. The Labute approximate surface area is 123 Å². The number of benzene rings is 1. The van der Waals surface area contributed by atoms with Gasteiger partial charge in [0.25, 0.3) is 0 Å². The average molecular weight is 298 g/mol. The third kappa shape index (κ3) is 3.59. The molecule has 0 amide bonds. The first-order valence-corrected chi connectivity index (χ1v) is 8.25. The van der Waals surface area contributed by atoms with Crippen molar-refractivity contribution in [2.75, 3.05) is 7.05 Å². The van der Waals surface area contributed by atoms with Gasteiger partial charge in [-0.15, -0.1) is 0 Å². The van der Waals surface area contributed by atoms with Gasteiger partial charge in [0, 0.05) is 19.1 Å². The fourth-order valence-electron chi connectivity index (χ4n) is 1.86. The summed E-state index contributed by atoms with van der Waals surface area (Å²) in [4.78, 5) is 0.306. The largest absolute Gasteiger partial charge is 0.324 e. The highest BCUT2D eigenvalue weighted by Gasteiger charge is 2.32. The van der Waals surface area contributed by atoms with Crippen LogP contribution in [0.4, 0.5) is 0 Å². The van der Waals surface area contributed by atoms with E-state index in [1.807, 2.05) is 34.6 Å². The van der Waals surface area contributed by atoms with Crippen LogP contribution in [0.25, 0.3) is 0 Å². The number of hydrogen-bond donors (Lipinski definition) is 1. The second kappa shape index (κ2) is 5.84. The Hall–Kier alpha value is -0.910. The molecule has 114 valence electrons. The molecule has 2 atom stereocenters. The molecule has 2 N–H and O–H groups in total. The number of nitrogens with two attached hydrogens (primary N) is 1. The minimum Gasteiger partial charge on any atom is -0.324 e. The van der Waals surface area contributed by atoms with Gasteiger partial charge in [0.2, 0.25) is 10.0 Å². The molecule has 1 aromatic carbocycles. The molecule has 0 radical (unpaired) electrons. The van der Waals surface area contributed by atoms with Crippen molar-refractivity contribution in [3.05, 3.63) is 29.8 Å². The van der Waals surface area contributed by atoms with Gasteiger partial charge in [0.05, 0.1) is 4.90 Å². The van der Waals surface area contributed by atoms with E-state index in [0.29, 0.717) is 4.90 Å². The molecular weight excluding hydrogens is 272 g/mol. The molecule has 0 heterocycles. The summed E-state index contributed by atoms with van der Waals surface area (Å²) in [5, 5.41) is 0. The van der Waals surface area contributed by atoms with Crippen molar-refractivity contribution in [3.63, 3.8) is 0 Å². The fraction of sp³-hybridized carbons (Fsp3) is 0.600. The molecule has 0 aliphatic rings. The molecule has 2 unspecified atom stereocenters. The zero-order valence-corrected chi connectivity index (χ0v) is 14.0. The van der Waals surface area contributed by atoms with Crippen LogP contribution in [0.15, 0.2) is 29.2 Å². The molecule has 0 saturated heterocycles. The van der Waals surface area contributed by atoms with Crippen molar-refractivity contribution in [1.29, 1.82) is 0 Å². The van der Waals surface area contributed by atoms with Gasteiger partial charge in [-0.25, -0.2) is 8.42 Å². The lowest BCUT2D eigenvalue weighted by Crippen LogP contribution is -2.42. The smallest absolute Gasteiger partial charge is 0.243 e. The first-order chi connectivity index (χ1) is 8.98. The number of nitrogens with zero attached hydrogens (tertiary/aromatic N) is 1. The summed E-state index contributed by atoms with van der Waals surface area (Å²) in [6.45, 7) is 9.89. The highest BCUT2D eigenvalue weighted by Crippen LogP contribution is 2.27. The Morgan fingerprint density at radius 3 is 1.90 bits per heavy atom. The highest BCUT2D eigenvalue weighted by atomic mass is 32.2. The summed E-state index contributed by atoms with van der Waals surface area (Å²) in [5.41, 5.74) is 6.59. The lowest BCUT2D eigenvalue weighted by Gasteiger charge is -2.34. The molecule has 5 heteroatoms. The molecule has 20 heavy (non-hydrogen) atoms. The van der Waals surface area contributed by atoms with Crippen LogP contribution in [-0.2, 0) is 10.0 Å². The van der Waals surface area contributed by atoms with E-state index < -0.39 is 10.0 Å². The topological polar surface area (TPSA) is 63.4 Å². The lowest BCUT2D eigenvalue weighted by molar-refractivity contribution is 0.216. The van der Waals surface area contributed by atoms with Crippen LogP contribution in [0.5, 0.6) is 0 Å². The molecule has 0 aliphatic heterocycles. The van der Waals surface area contributed by atoms with Crippen LogP contribution >= 0.6 is 0 Å². The van der Waals surface area contributed by atoms with Crippen molar-refractivity contribution in [1.82, 2.24) is 4.31 Å². The quantitative estimate of drug-likeness (QED) is 0.929. The molecule has 0 saturated carbocycles. The lowest BCUT2D eigenvalue weighted by atomic mass is 9.88. The van der Waals surface area contributed by atoms with Crippen LogP contribution in [0.1, 0.15) is 46.2 Å². The van der Waals surface area contributed by atoms with Crippen molar-refractivity contribution in [2.24, 2.45) is 11.1 Å². The third-order valence-electron chi connectivity index (χ3n) is 3.88. The summed E-state index contributed by atoms with van der Waals surface area (Å²) in [5.74, 6) is 0. The van der Waals surface area contributed by atoms with Gasteiger partial charge in [-0.1, -0.05) is 32.9 Å². The van der Waals surface area contributed by atoms with E-state index in [4.69, 9.17) is 5.73 Å². The molecule has 0 aromatic heterocycles. The van der Waals surface area contributed by atoms with E-state index in [1.165, 1.54) is 4.31 Å². The van der Waals surface area contributed by atoms with E-state index in [1.54, 1.807) is 31.3 Å². The van der Waals surface area contributed by atoms with Crippen molar-refractivity contribution in [3.8, 4) is 0 Å². The third-order valence-corrected chi connectivity index (χ3v) is 5.82. The van der Waals surface area contributed by atoms with Gasteiger partial charge >= 0.3 is 0 Å². The van der Waals surface area contributed by atoms with Crippen LogP contribution in [0.3, 0.4) is 0 Å². The Balaban J connectivity index is 3.10. The van der Waals surface area contributed by atoms with Crippen LogP contribution < -0.4 is 5.73 Å². The maximum atomic E-state index is 12.6. The molecule has 4 nitrogen and oxygen atoms in total. The van der Waals surface area contributed by atoms with E-state index in [9.17, 15) is 8.42 Å². The zero-order valence-electron chi connectivity index (χ0n) is 13.2. The van der Waals surface area contributed by atoms with Gasteiger partial charge in [0.1, 0.15) is 0 Å². The van der Waals surface area contributed by atoms with Gasteiger partial charge in [-0.2, -0.15) is 4.31 Å². The Kier molecular flexibility index (Phi) is 5.00. The predicted octanol–water partition coefficient (Wildman–Crippen LogP) is 2.76. The minimum absolute atomic E-state index is 0.0967. The Bertz CT molecular complexity index is 542. The van der Waals surface area contributed by atoms with Crippen molar-refractivity contribution in [2.45, 2.75) is 51.6 Å². The maximum Gasteiger partial charge on any atom is 0.243 e. The van der Waals surface area contributed by atoms with Crippen molar-refractivity contribution >= 4 is 10.0 Å². The molecule has 0 bridgehead atoms. The highest BCUT2D eigenvalue weighted by molar-refractivity contribution is 7.89. The summed E-state index contributed by atoms with van der Waals surface area (Å²) in [6, 6.07) is 6.60. The van der Waals surface area contributed by atoms with E-state index in [2.05, 4.69) is 0 Å². The Morgan fingerprint density at radius 2 is 1.55 bits per heavy atom. The summed E-state index contributed by atoms with van der Waals surface area (Å²) < 4.78 is 26.6. The second-order valence-corrected chi connectivity index (χ2v) is 8.42. The maximum absolute atomic E-state index is 12.6. The first kappa shape index (κ1) is 17.1. The van der Waals surface area contributed by atoms with Gasteiger partial charge in [-0.05, 0) is 37.0 Å². The number of sulfonamides is 1. The van der Waals surface area contributed by atoms with Gasteiger partial charge in [0.15, 0.2) is 0 Å². The van der Waals surface area contributed by atoms with Crippen molar-refractivity contribution < 1.29 is 8.42 Å². The van der Waals surface area contributed by atoms with Crippen LogP contribution in [-0.4, -0.2) is 25.8 Å². The zero-order chi connectivity index (χ0) is 15.7. The Morgan fingerprint density at radius 1 is 1.10 bits per heavy atom. The van der Waals surface area contributed by atoms with E-state index in [-0.39, 0.29) is 17.5 Å². The van der Waals surface area contributed by atoms with Crippen LogP contribution in [0.2, 0.25) is 0 Å². The SMILES string of the molecule is CC(N)c1ccc(S(=O)(=O)N(C)C(C)C(C)(C)C)cc1. The average Bonchev–Trinajstić information content (AvgIpc) is 2.35. The predicted molar refractivity (Wildman–Crippen MR) is 82.9 cm³/mol. The second-order valence-electron chi connectivity index (χ2n) is 6.42. The normalized spacial score (nSPS) is 16.2. The molecule has 0 spiro atoms. The van der Waals surface area contributed by atoms with E-state index >= 15 is 0 Å². The number of rotatable bonds is 4. The molecule has 1 rings (SSSR count). The standard InChI is InChI=1S/C15H26N2O2S/c1-11(16)13-7-9-14(10-8-13)20(18,19)17(6)12(2)15(3,4)5/h7-12H,16H2,1-6H3. The molecular formula is C15H26N2O2S. The summed E-state index contributed by atoms with van der Waals surface area (Å²) >= 11 is 0. The fourth-order valence-corrected chi connectivity index (χ4v) is 3.41. The number of hydrogen-bond acceptors (Lipinski definition) is 3. The molecule has 0 aliphatic carbocycles. The van der Waals surface area contributed by atoms with Crippen LogP contribution in [0, 0.1) is 5.41 Å². The molecule has 0 fully saturated rings. The summed E-state index contributed by atoms with van der Waals surface area (Å²) in [7, 11) is -1.84. The van der Waals surface area contributed by atoms with Gasteiger partial charge in [-0.3, -0.25) is 0 Å². The van der Waals surface area contributed by atoms with E-state index in [0.717, 1.165) is 5.56 Å². The first-order valence-electron chi connectivity index (χ1n) is 6.81. The molecule has 1 aromatic rings. The minimum atomic E-state index is -3.47. The summed E-state index contributed by atoms with van der Waals surface area (Å²) in [6.07, 6.45) is 0.